The third kappa shape index (κ3) is 5.39. The first-order valence-electron chi connectivity index (χ1n) is 7.41. The lowest BCUT2D eigenvalue weighted by Gasteiger charge is -2.20. The average Bonchev–Trinajstić information content (AvgIpc) is 2.42. The van der Waals surface area contributed by atoms with E-state index in [-0.39, 0.29) is 29.8 Å². The molecule has 0 aliphatic heterocycles. The Morgan fingerprint density at radius 2 is 1.86 bits per heavy atom. The summed E-state index contributed by atoms with van der Waals surface area (Å²) in [6.07, 6.45) is 0. The molecule has 0 aliphatic carbocycles. The van der Waals surface area contributed by atoms with Gasteiger partial charge in [-0.15, -0.1) is 0 Å². The van der Waals surface area contributed by atoms with E-state index in [1.165, 1.54) is 0 Å². The topological polar surface area (TPSA) is 67.4 Å². The van der Waals surface area contributed by atoms with E-state index in [4.69, 9.17) is 4.74 Å². The van der Waals surface area contributed by atoms with Crippen LogP contribution in [0.4, 0.5) is 4.79 Å². The molecule has 0 spiro atoms. The summed E-state index contributed by atoms with van der Waals surface area (Å²) in [5.41, 5.74) is 1.21. The Hall–Kier alpha value is -2.04. The number of amides is 2. The van der Waals surface area contributed by atoms with Crippen LogP contribution >= 0.6 is 0 Å². The monoisotopic (exact) mass is 306 g/mol. The minimum absolute atomic E-state index is 0.0359. The molecule has 0 bridgehead atoms. The van der Waals surface area contributed by atoms with E-state index < -0.39 is 0 Å². The van der Waals surface area contributed by atoms with Crippen LogP contribution in [0.1, 0.15) is 56.5 Å². The van der Waals surface area contributed by atoms with Crippen molar-refractivity contribution in [1.82, 2.24) is 10.6 Å². The maximum atomic E-state index is 12.2. The molecular weight excluding hydrogens is 280 g/mol. The molecule has 0 heterocycles. The highest BCUT2D eigenvalue weighted by molar-refractivity contribution is 5.99. The predicted octanol–water partition coefficient (Wildman–Crippen LogP) is 3.10. The first-order chi connectivity index (χ1) is 10.1. The van der Waals surface area contributed by atoms with Gasteiger partial charge in [-0.05, 0) is 50.5 Å². The molecule has 1 aromatic carbocycles. The second-order valence-corrected chi connectivity index (χ2v) is 6.59. The number of Topliss-reactive ketones (excluding diaryl/α,β-unsaturated/α-hetero) is 1. The molecule has 5 heteroatoms. The maximum Gasteiger partial charge on any atom is 0.315 e. The Balaban J connectivity index is 2.74. The summed E-state index contributed by atoms with van der Waals surface area (Å²) in [4.78, 5) is 23.9. The van der Waals surface area contributed by atoms with E-state index in [1.54, 1.807) is 19.2 Å². The van der Waals surface area contributed by atoms with Crippen molar-refractivity contribution in [2.24, 2.45) is 0 Å². The van der Waals surface area contributed by atoms with Crippen LogP contribution < -0.4 is 15.4 Å². The Labute approximate surface area is 132 Å². The zero-order valence-electron chi connectivity index (χ0n) is 14.2. The summed E-state index contributed by atoms with van der Waals surface area (Å²) >= 11 is 0. The number of ketones is 1. The van der Waals surface area contributed by atoms with Crippen molar-refractivity contribution in [3.05, 3.63) is 29.3 Å². The van der Waals surface area contributed by atoms with Crippen LogP contribution in [0.2, 0.25) is 0 Å². The zero-order chi connectivity index (χ0) is 16.9. The molecule has 2 amide bonds. The number of ether oxygens (including phenoxy) is 1. The molecule has 0 unspecified atom stereocenters. The molecule has 0 aliphatic rings. The van der Waals surface area contributed by atoms with Crippen molar-refractivity contribution >= 4 is 11.8 Å². The third-order valence-corrected chi connectivity index (χ3v) is 3.07. The van der Waals surface area contributed by atoms with E-state index in [9.17, 15) is 9.59 Å². The predicted molar refractivity (Wildman–Crippen MR) is 87.7 cm³/mol. The number of hydrogen-bond donors (Lipinski definition) is 2. The molecule has 1 aromatic rings. The number of urea groups is 1. The highest BCUT2D eigenvalue weighted by Gasteiger charge is 2.16. The van der Waals surface area contributed by atoms with Crippen molar-refractivity contribution in [3.63, 3.8) is 0 Å². The molecule has 0 fully saturated rings. The van der Waals surface area contributed by atoms with E-state index >= 15 is 0 Å². The van der Waals surface area contributed by atoms with Gasteiger partial charge in [-0.2, -0.15) is 0 Å². The van der Waals surface area contributed by atoms with Gasteiger partial charge in [0.05, 0.1) is 13.7 Å². The van der Waals surface area contributed by atoms with Gasteiger partial charge < -0.3 is 15.4 Å². The highest BCUT2D eigenvalue weighted by Crippen LogP contribution is 2.27. The molecular formula is C17H26N2O3. The standard InChI is InChI=1S/C17H26N2O3/c1-11(2)13-9-12(7-8-15(13)22-6)14(20)10-18-16(21)19-17(3,4)5/h7-9,11H,10H2,1-6H3,(H2,18,19,21). The van der Waals surface area contributed by atoms with Gasteiger partial charge in [-0.3, -0.25) is 4.79 Å². The third-order valence-electron chi connectivity index (χ3n) is 3.07. The first kappa shape index (κ1) is 18.0. The molecule has 2 N–H and O–H groups in total. The molecule has 0 saturated heterocycles. The summed E-state index contributed by atoms with van der Waals surface area (Å²) < 4.78 is 5.30. The van der Waals surface area contributed by atoms with Gasteiger partial charge in [0.2, 0.25) is 0 Å². The van der Waals surface area contributed by atoms with E-state index in [0.29, 0.717) is 5.56 Å². The van der Waals surface area contributed by atoms with Crippen LogP contribution in [0.3, 0.4) is 0 Å². The Kier molecular flexibility index (Phi) is 5.97. The van der Waals surface area contributed by atoms with Crippen LogP contribution in [0.5, 0.6) is 5.75 Å². The molecule has 5 nitrogen and oxygen atoms in total. The molecule has 0 radical (unpaired) electrons. The summed E-state index contributed by atoms with van der Waals surface area (Å²) in [6, 6.07) is 4.99. The summed E-state index contributed by atoms with van der Waals surface area (Å²) in [5, 5.41) is 5.34. The Morgan fingerprint density at radius 1 is 1.23 bits per heavy atom. The van der Waals surface area contributed by atoms with Gasteiger partial charge in [0.15, 0.2) is 5.78 Å². The molecule has 1 rings (SSSR count). The SMILES string of the molecule is COc1ccc(C(=O)CNC(=O)NC(C)(C)C)cc1C(C)C. The number of rotatable bonds is 5. The molecule has 0 aromatic heterocycles. The Bertz CT molecular complexity index is 545. The number of carbonyl (C=O) groups excluding carboxylic acids is 2. The zero-order valence-corrected chi connectivity index (χ0v) is 14.2. The van der Waals surface area contributed by atoms with Crippen LogP contribution in [0.25, 0.3) is 0 Å². The quantitative estimate of drug-likeness (QED) is 0.821. The summed E-state index contributed by atoms with van der Waals surface area (Å²) in [6.45, 7) is 9.69. The molecule has 22 heavy (non-hydrogen) atoms. The van der Waals surface area contributed by atoms with Gasteiger partial charge in [0, 0.05) is 11.1 Å². The largest absolute Gasteiger partial charge is 0.496 e. The van der Waals surface area contributed by atoms with Crippen LogP contribution in [-0.2, 0) is 0 Å². The lowest BCUT2D eigenvalue weighted by Crippen LogP contribution is -2.47. The van der Waals surface area contributed by atoms with Gasteiger partial charge in [0.25, 0.3) is 0 Å². The number of nitrogens with one attached hydrogen (secondary N) is 2. The Morgan fingerprint density at radius 3 is 2.36 bits per heavy atom. The summed E-state index contributed by atoms with van der Waals surface area (Å²) in [5.74, 6) is 0.887. The van der Waals surface area contributed by atoms with Crippen LogP contribution in [-0.4, -0.2) is 31.0 Å². The van der Waals surface area contributed by atoms with Crippen molar-refractivity contribution in [2.75, 3.05) is 13.7 Å². The van der Waals surface area contributed by atoms with E-state index in [2.05, 4.69) is 10.6 Å². The van der Waals surface area contributed by atoms with Crippen molar-refractivity contribution < 1.29 is 14.3 Å². The average molecular weight is 306 g/mol. The first-order valence-corrected chi connectivity index (χ1v) is 7.41. The van der Waals surface area contributed by atoms with Crippen molar-refractivity contribution in [1.29, 1.82) is 0 Å². The fraction of sp³-hybridized carbons (Fsp3) is 0.529. The molecule has 122 valence electrons. The van der Waals surface area contributed by atoms with Gasteiger partial charge >= 0.3 is 6.03 Å². The number of benzene rings is 1. The highest BCUT2D eigenvalue weighted by atomic mass is 16.5. The number of methoxy groups -OCH3 is 1. The molecule has 0 saturated carbocycles. The van der Waals surface area contributed by atoms with Crippen molar-refractivity contribution in [2.45, 2.75) is 46.1 Å². The maximum absolute atomic E-state index is 12.2. The lowest BCUT2D eigenvalue weighted by atomic mass is 9.98. The van der Waals surface area contributed by atoms with Crippen LogP contribution in [0.15, 0.2) is 18.2 Å². The van der Waals surface area contributed by atoms with Crippen LogP contribution in [0, 0.1) is 0 Å². The normalized spacial score (nSPS) is 11.2. The van der Waals surface area contributed by atoms with Gasteiger partial charge in [-0.1, -0.05) is 13.8 Å². The smallest absolute Gasteiger partial charge is 0.315 e. The fourth-order valence-electron chi connectivity index (χ4n) is 2.01. The second-order valence-electron chi connectivity index (χ2n) is 6.59. The number of hydrogen-bond acceptors (Lipinski definition) is 3. The minimum Gasteiger partial charge on any atom is -0.496 e. The van der Waals surface area contributed by atoms with Crippen molar-refractivity contribution in [3.8, 4) is 5.75 Å². The van der Waals surface area contributed by atoms with Gasteiger partial charge in [-0.25, -0.2) is 4.79 Å². The second kappa shape index (κ2) is 7.29. The lowest BCUT2D eigenvalue weighted by molar-refractivity contribution is 0.0991. The number of carbonyl (C=O) groups is 2. The fourth-order valence-corrected chi connectivity index (χ4v) is 2.01. The summed E-state index contributed by atoms with van der Waals surface area (Å²) in [7, 11) is 1.61. The minimum atomic E-state index is -0.349. The van der Waals surface area contributed by atoms with Gasteiger partial charge in [0.1, 0.15) is 5.75 Å². The molecule has 0 atom stereocenters. The van der Waals surface area contributed by atoms with E-state index in [0.717, 1.165) is 11.3 Å². The van der Waals surface area contributed by atoms with E-state index in [1.807, 2.05) is 40.7 Å².